The van der Waals surface area contributed by atoms with E-state index in [0.717, 1.165) is 28.6 Å². The molecule has 0 bridgehead atoms. The van der Waals surface area contributed by atoms with Gasteiger partial charge >= 0.3 is 6.18 Å². The number of aryl methyl sites for hydroxylation is 2. The number of halogens is 3. The molecule has 0 fully saturated rings. The second-order valence-corrected chi connectivity index (χ2v) is 6.86. The van der Waals surface area contributed by atoms with Gasteiger partial charge in [-0.3, -0.25) is 14.7 Å². The van der Waals surface area contributed by atoms with Crippen LogP contribution < -0.4 is 10.7 Å². The summed E-state index contributed by atoms with van der Waals surface area (Å²) in [7, 11) is 0. The van der Waals surface area contributed by atoms with Crippen molar-refractivity contribution in [2.45, 2.75) is 20.0 Å². The fraction of sp³-hybridized carbons (Fsp3) is 0.150. The van der Waals surface area contributed by atoms with Crippen molar-refractivity contribution in [3.63, 3.8) is 0 Å². The Kier molecular flexibility index (Phi) is 4.80. The van der Waals surface area contributed by atoms with Gasteiger partial charge in [-0.1, -0.05) is 6.07 Å². The standard InChI is InChI=1S/C20H15F3N6O2/c1-10-6-16(30)17(28-29(10)14-5-3-4-12(7-14)20(21,22)23)19(31)25-13-8-15-11(2)26-27-18(15)24-9-13/h3-9H,1-2H3,(H,25,31)(H,24,26,27). The third kappa shape index (κ3) is 3.89. The fourth-order valence-corrected chi connectivity index (χ4v) is 3.06. The number of benzene rings is 1. The van der Waals surface area contributed by atoms with Crippen LogP contribution in [0.1, 0.15) is 27.4 Å². The van der Waals surface area contributed by atoms with Crippen LogP contribution in [0.15, 0.2) is 47.4 Å². The lowest BCUT2D eigenvalue weighted by molar-refractivity contribution is -0.137. The number of nitrogens with zero attached hydrogens (tertiary/aromatic N) is 4. The van der Waals surface area contributed by atoms with Crippen molar-refractivity contribution in [2.24, 2.45) is 0 Å². The van der Waals surface area contributed by atoms with Gasteiger partial charge in [0.1, 0.15) is 0 Å². The lowest BCUT2D eigenvalue weighted by atomic mass is 10.2. The number of carbonyl (C=O) groups is 1. The van der Waals surface area contributed by atoms with Gasteiger partial charge in [-0.25, -0.2) is 9.67 Å². The first-order valence-electron chi connectivity index (χ1n) is 9.04. The van der Waals surface area contributed by atoms with E-state index in [9.17, 15) is 22.8 Å². The lowest BCUT2D eigenvalue weighted by Crippen LogP contribution is -2.27. The van der Waals surface area contributed by atoms with Crippen LogP contribution in [0.2, 0.25) is 0 Å². The highest BCUT2D eigenvalue weighted by Gasteiger charge is 2.30. The van der Waals surface area contributed by atoms with E-state index in [1.807, 2.05) is 0 Å². The lowest BCUT2D eigenvalue weighted by Gasteiger charge is -2.13. The maximum Gasteiger partial charge on any atom is 0.416 e. The summed E-state index contributed by atoms with van der Waals surface area (Å²) in [4.78, 5) is 29.2. The molecule has 0 aliphatic carbocycles. The van der Waals surface area contributed by atoms with Crippen LogP contribution in [0.25, 0.3) is 16.7 Å². The average molecular weight is 428 g/mol. The highest BCUT2D eigenvalue weighted by atomic mass is 19.4. The van der Waals surface area contributed by atoms with Gasteiger partial charge in [-0.05, 0) is 38.1 Å². The molecule has 1 aromatic carbocycles. The third-order valence-electron chi connectivity index (χ3n) is 4.60. The van der Waals surface area contributed by atoms with Crippen molar-refractivity contribution in [3.05, 3.63) is 75.5 Å². The normalized spacial score (nSPS) is 11.6. The van der Waals surface area contributed by atoms with E-state index in [1.54, 1.807) is 13.0 Å². The van der Waals surface area contributed by atoms with Gasteiger partial charge < -0.3 is 5.32 Å². The zero-order valence-electron chi connectivity index (χ0n) is 16.3. The Labute approximate surface area is 172 Å². The summed E-state index contributed by atoms with van der Waals surface area (Å²) < 4.78 is 40.3. The quantitative estimate of drug-likeness (QED) is 0.520. The highest BCUT2D eigenvalue weighted by molar-refractivity contribution is 6.03. The Morgan fingerprint density at radius 1 is 1.16 bits per heavy atom. The molecule has 4 aromatic rings. The first kappa shape index (κ1) is 20.3. The first-order chi connectivity index (χ1) is 14.6. The zero-order valence-corrected chi connectivity index (χ0v) is 16.3. The number of amides is 1. The van der Waals surface area contributed by atoms with E-state index in [2.05, 4.69) is 25.6 Å². The monoisotopic (exact) mass is 428 g/mol. The molecule has 0 aliphatic rings. The molecule has 158 valence electrons. The second kappa shape index (κ2) is 7.35. The maximum atomic E-state index is 13.1. The van der Waals surface area contributed by atoms with E-state index in [1.165, 1.54) is 25.3 Å². The van der Waals surface area contributed by atoms with Crippen molar-refractivity contribution < 1.29 is 18.0 Å². The molecule has 31 heavy (non-hydrogen) atoms. The summed E-state index contributed by atoms with van der Waals surface area (Å²) in [6.45, 7) is 3.30. The molecule has 0 unspecified atom stereocenters. The molecule has 0 aliphatic heterocycles. The van der Waals surface area contributed by atoms with Crippen LogP contribution in [0.5, 0.6) is 0 Å². The Morgan fingerprint density at radius 3 is 2.68 bits per heavy atom. The Bertz CT molecular complexity index is 1370. The largest absolute Gasteiger partial charge is 0.416 e. The number of pyridine rings is 1. The summed E-state index contributed by atoms with van der Waals surface area (Å²) in [5, 5.41) is 14.0. The molecule has 3 aromatic heterocycles. The predicted octanol–water partition coefficient (Wildman–Crippen LogP) is 3.39. The van der Waals surface area contributed by atoms with Crippen LogP contribution in [0.4, 0.5) is 18.9 Å². The molecule has 2 N–H and O–H groups in total. The second-order valence-electron chi connectivity index (χ2n) is 6.86. The fourth-order valence-electron chi connectivity index (χ4n) is 3.06. The Balaban J connectivity index is 1.71. The maximum absolute atomic E-state index is 13.1. The van der Waals surface area contributed by atoms with Gasteiger partial charge in [-0.2, -0.15) is 23.4 Å². The summed E-state index contributed by atoms with van der Waals surface area (Å²) in [6, 6.07) is 7.23. The topological polar surface area (TPSA) is 106 Å². The molecule has 0 saturated carbocycles. The van der Waals surface area contributed by atoms with Gasteiger partial charge in [0.25, 0.3) is 5.91 Å². The van der Waals surface area contributed by atoms with Gasteiger partial charge in [-0.15, -0.1) is 0 Å². The summed E-state index contributed by atoms with van der Waals surface area (Å²) in [6.07, 6.45) is -3.17. The van der Waals surface area contributed by atoms with Gasteiger partial charge in [0, 0.05) is 22.8 Å². The van der Waals surface area contributed by atoms with Crippen molar-refractivity contribution in [3.8, 4) is 5.69 Å². The van der Waals surface area contributed by atoms with Crippen LogP contribution >= 0.6 is 0 Å². The number of anilines is 1. The molecule has 0 atom stereocenters. The minimum atomic E-state index is -4.54. The van der Waals surface area contributed by atoms with Crippen molar-refractivity contribution in [1.29, 1.82) is 0 Å². The number of hydrogen-bond acceptors (Lipinski definition) is 5. The molecule has 3 heterocycles. The number of aromatic nitrogens is 5. The zero-order chi connectivity index (χ0) is 22.3. The Hall–Kier alpha value is -4.02. The third-order valence-corrected chi connectivity index (χ3v) is 4.60. The molecule has 4 rings (SSSR count). The van der Waals surface area contributed by atoms with Crippen LogP contribution in [-0.4, -0.2) is 30.9 Å². The molecule has 1 amide bonds. The van der Waals surface area contributed by atoms with Crippen LogP contribution in [0, 0.1) is 13.8 Å². The van der Waals surface area contributed by atoms with E-state index < -0.39 is 28.8 Å². The summed E-state index contributed by atoms with van der Waals surface area (Å²) in [5.74, 6) is -0.812. The number of nitrogens with one attached hydrogen (secondary N) is 2. The number of hydrogen-bond donors (Lipinski definition) is 2. The van der Waals surface area contributed by atoms with Crippen LogP contribution in [-0.2, 0) is 6.18 Å². The highest BCUT2D eigenvalue weighted by Crippen LogP contribution is 2.30. The van der Waals surface area contributed by atoms with Crippen molar-refractivity contribution >= 4 is 22.6 Å². The van der Waals surface area contributed by atoms with E-state index in [-0.39, 0.29) is 11.4 Å². The number of aromatic amines is 1. The van der Waals surface area contributed by atoms with Gasteiger partial charge in [0.15, 0.2) is 11.3 Å². The summed E-state index contributed by atoms with van der Waals surface area (Å²) >= 11 is 0. The van der Waals surface area contributed by atoms with E-state index in [4.69, 9.17) is 0 Å². The molecule has 11 heteroatoms. The molecule has 0 radical (unpaired) electrons. The molecular formula is C20H15F3N6O2. The van der Waals surface area contributed by atoms with Gasteiger partial charge in [0.2, 0.25) is 5.43 Å². The molecule has 0 spiro atoms. The molecular weight excluding hydrogens is 413 g/mol. The number of rotatable bonds is 3. The number of alkyl halides is 3. The minimum absolute atomic E-state index is 0.0680. The smallest absolute Gasteiger partial charge is 0.319 e. The van der Waals surface area contributed by atoms with Gasteiger partial charge in [0.05, 0.1) is 23.1 Å². The number of carbonyl (C=O) groups excluding carboxylic acids is 1. The van der Waals surface area contributed by atoms with Crippen LogP contribution in [0.3, 0.4) is 0 Å². The summed E-state index contributed by atoms with van der Waals surface area (Å²) in [5.41, 5.74) is -0.120. The average Bonchev–Trinajstić information content (AvgIpc) is 3.08. The van der Waals surface area contributed by atoms with E-state index >= 15 is 0 Å². The number of fused-ring (bicyclic) bond motifs is 1. The van der Waals surface area contributed by atoms with Crippen molar-refractivity contribution in [2.75, 3.05) is 5.32 Å². The molecule has 0 saturated heterocycles. The number of H-pyrrole nitrogens is 1. The minimum Gasteiger partial charge on any atom is -0.319 e. The van der Waals surface area contributed by atoms with E-state index in [0.29, 0.717) is 16.7 Å². The van der Waals surface area contributed by atoms with Crippen molar-refractivity contribution in [1.82, 2.24) is 25.0 Å². The SMILES string of the molecule is Cc1[nH]nc2ncc(NC(=O)c3nn(-c4cccc(C(F)(F)F)c4)c(C)cc3=O)cc12. The molecule has 8 nitrogen and oxygen atoms in total. The first-order valence-corrected chi connectivity index (χ1v) is 9.04. The predicted molar refractivity (Wildman–Crippen MR) is 106 cm³/mol. The Morgan fingerprint density at radius 2 is 1.94 bits per heavy atom.